The SMILES string of the molecule is CN=C(NCCCc1ccccc1)NCc1ccc(S(=O)(=O)NC)cc1.I. The molecule has 6 nitrogen and oxygen atoms in total. The molecule has 2 aromatic rings. The molecule has 0 saturated carbocycles. The first-order valence-electron chi connectivity index (χ1n) is 8.56. The largest absolute Gasteiger partial charge is 0.356 e. The first-order valence-corrected chi connectivity index (χ1v) is 10.0. The lowest BCUT2D eigenvalue weighted by Crippen LogP contribution is -2.37. The molecule has 0 bridgehead atoms. The first kappa shape index (κ1) is 23.4. The Morgan fingerprint density at radius 2 is 1.63 bits per heavy atom. The van der Waals surface area contributed by atoms with Crippen LogP contribution in [-0.2, 0) is 23.0 Å². The van der Waals surface area contributed by atoms with Crippen LogP contribution in [0.2, 0.25) is 0 Å². The van der Waals surface area contributed by atoms with Gasteiger partial charge in [-0.05, 0) is 43.1 Å². The molecule has 3 N–H and O–H groups in total. The van der Waals surface area contributed by atoms with Crippen LogP contribution in [-0.4, -0.2) is 35.0 Å². The number of benzene rings is 2. The second-order valence-corrected chi connectivity index (χ2v) is 7.68. The number of hydrogen-bond acceptors (Lipinski definition) is 3. The standard InChI is InChI=1S/C19H26N4O2S.HI/c1-20-19(22-14-6-9-16-7-4-3-5-8-16)23-15-17-10-12-18(13-11-17)26(24,25)21-2;/h3-5,7-8,10-13,21H,6,9,14-15H2,1-2H3,(H2,20,22,23);1H. The van der Waals surface area contributed by atoms with E-state index in [0.29, 0.717) is 6.54 Å². The molecular formula is C19H27IN4O2S. The zero-order valence-electron chi connectivity index (χ0n) is 15.6. The zero-order chi connectivity index (χ0) is 18.8. The molecule has 0 aromatic heterocycles. The molecule has 2 rings (SSSR count). The van der Waals surface area contributed by atoms with Gasteiger partial charge in [0.25, 0.3) is 0 Å². The van der Waals surface area contributed by atoms with Gasteiger partial charge < -0.3 is 10.6 Å². The fraction of sp³-hybridized carbons (Fsp3) is 0.316. The maximum absolute atomic E-state index is 11.7. The summed E-state index contributed by atoms with van der Waals surface area (Å²) >= 11 is 0. The summed E-state index contributed by atoms with van der Waals surface area (Å²) in [4.78, 5) is 4.46. The number of nitrogens with one attached hydrogen (secondary N) is 3. The predicted octanol–water partition coefficient (Wildman–Crippen LogP) is 2.51. The highest BCUT2D eigenvalue weighted by molar-refractivity contribution is 14.0. The van der Waals surface area contributed by atoms with E-state index in [1.54, 1.807) is 31.3 Å². The summed E-state index contributed by atoms with van der Waals surface area (Å²) in [7, 11) is -0.263. The van der Waals surface area contributed by atoms with Crippen molar-refractivity contribution >= 4 is 40.0 Å². The molecule has 0 atom stereocenters. The molecule has 0 spiro atoms. The van der Waals surface area contributed by atoms with Gasteiger partial charge in [-0.3, -0.25) is 4.99 Å². The molecule has 0 aliphatic heterocycles. The van der Waals surface area contributed by atoms with Crippen molar-refractivity contribution in [2.24, 2.45) is 4.99 Å². The van der Waals surface area contributed by atoms with Gasteiger partial charge in [0.05, 0.1) is 4.90 Å². The number of aliphatic imine (C=N–C) groups is 1. The highest BCUT2D eigenvalue weighted by Crippen LogP contribution is 2.09. The van der Waals surface area contributed by atoms with Crippen LogP contribution in [0.5, 0.6) is 0 Å². The molecule has 148 valence electrons. The summed E-state index contributed by atoms with van der Waals surface area (Å²) in [5, 5.41) is 6.52. The van der Waals surface area contributed by atoms with Crippen LogP contribution >= 0.6 is 24.0 Å². The van der Waals surface area contributed by atoms with E-state index < -0.39 is 10.0 Å². The Hall–Kier alpha value is -1.65. The molecule has 8 heteroatoms. The molecule has 0 amide bonds. The van der Waals surface area contributed by atoms with E-state index in [1.807, 2.05) is 6.07 Å². The van der Waals surface area contributed by atoms with Crippen LogP contribution in [0.15, 0.2) is 64.5 Å². The molecule has 0 heterocycles. The van der Waals surface area contributed by atoms with Crippen molar-refractivity contribution in [3.05, 3.63) is 65.7 Å². The third kappa shape index (κ3) is 7.86. The Labute approximate surface area is 178 Å². The Morgan fingerprint density at radius 1 is 0.963 bits per heavy atom. The summed E-state index contributed by atoms with van der Waals surface area (Å²) in [6.45, 7) is 1.39. The van der Waals surface area contributed by atoms with Gasteiger partial charge in [-0.25, -0.2) is 13.1 Å². The van der Waals surface area contributed by atoms with Crippen molar-refractivity contribution in [1.29, 1.82) is 0 Å². The fourth-order valence-electron chi connectivity index (χ4n) is 2.45. The Kier molecular flexibility index (Phi) is 10.3. The summed E-state index contributed by atoms with van der Waals surface area (Å²) in [6.07, 6.45) is 2.04. The van der Waals surface area contributed by atoms with Gasteiger partial charge in [0.1, 0.15) is 0 Å². The van der Waals surface area contributed by atoms with E-state index in [9.17, 15) is 8.42 Å². The van der Waals surface area contributed by atoms with E-state index in [4.69, 9.17) is 0 Å². The van der Waals surface area contributed by atoms with E-state index in [-0.39, 0.29) is 28.9 Å². The first-order chi connectivity index (χ1) is 12.5. The number of hydrogen-bond donors (Lipinski definition) is 3. The molecule has 27 heavy (non-hydrogen) atoms. The number of halogens is 1. The number of guanidine groups is 1. The van der Waals surface area contributed by atoms with Crippen LogP contribution in [0.4, 0.5) is 0 Å². The molecule has 0 aliphatic rings. The van der Waals surface area contributed by atoms with Gasteiger partial charge >= 0.3 is 0 Å². The van der Waals surface area contributed by atoms with Crippen LogP contribution in [0.3, 0.4) is 0 Å². The molecular weight excluding hydrogens is 475 g/mol. The fourth-order valence-corrected chi connectivity index (χ4v) is 3.18. The van der Waals surface area contributed by atoms with Crippen molar-refractivity contribution < 1.29 is 8.42 Å². The van der Waals surface area contributed by atoms with E-state index in [2.05, 4.69) is 44.6 Å². The Balaban J connectivity index is 0.00000364. The summed E-state index contributed by atoms with van der Waals surface area (Å²) < 4.78 is 25.7. The lowest BCUT2D eigenvalue weighted by atomic mass is 10.1. The van der Waals surface area contributed by atoms with E-state index in [1.165, 1.54) is 12.6 Å². The minimum absolute atomic E-state index is 0. The number of aryl methyl sites for hydroxylation is 1. The lowest BCUT2D eigenvalue weighted by molar-refractivity contribution is 0.588. The molecule has 0 fully saturated rings. The molecule has 0 unspecified atom stereocenters. The van der Waals surface area contributed by atoms with Crippen molar-refractivity contribution in [2.75, 3.05) is 20.6 Å². The van der Waals surface area contributed by atoms with E-state index in [0.717, 1.165) is 30.9 Å². The minimum Gasteiger partial charge on any atom is -0.356 e. The topological polar surface area (TPSA) is 82.6 Å². The van der Waals surface area contributed by atoms with Crippen molar-refractivity contribution in [3.8, 4) is 0 Å². The normalized spacial score (nSPS) is 11.6. The van der Waals surface area contributed by atoms with Crippen LogP contribution in [0.1, 0.15) is 17.5 Å². The van der Waals surface area contributed by atoms with Gasteiger partial charge in [-0.2, -0.15) is 0 Å². The molecule has 0 radical (unpaired) electrons. The van der Waals surface area contributed by atoms with E-state index >= 15 is 0 Å². The quantitative estimate of drug-likeness (QED) is 0.224. The average molecular weight is 502 g/mol. The highest BCUT2D eigenvalue weighted by atomic mass is 127. The van der Waals surface area contributed by atoms with Crippen molar-refractivity contribution in [3.63, 3.8) is 0 Å². The van der Waals surface area contributed by atoms with Gasteiger partial charge in [0, 0.05) is 20.1 Å². The number of nitrogens with zero attached hydrogens (tertiary/aromatic N) is 1. The minimum atomic E-state index is -3.40. The van der Waals surface area contributed by atoms with Crippen LogP contribution in [0.25, 0.3) is 0 Å². The molecule has 0 saturated heterocycles. The second-order valence-electron chi connectivity index (χ2n) is 5.79. The predicted molar refractivity (Wildman–Crippen MR) is 121 cm³/mol. The second kappa shape index (κ2) is 11.9. The third-order valence-corrected chi connectivity index (χ3v) is 5.39. The smallest absolute Gasteiger partial charge is 0.240 e. The van der Waals surface area contributed by atoms with Gasteiger partial charge in [-0.15, -0.1) is 24.0 Å². The third-order valence-electron chi connectivity index (χ3n) is 3.96. The Morgan fingerprint density at radius 3 is 2.22 bits per heavy atom. The monoisotopic (exact) mass is 502 g/mol. The van der Waals surface area contributed by atoms with Crippen LogP contribution < -0.4 is 15.4 Å². The number of rotatable bonds is 8. The molecule has 2 aromatic carbocycles. The summed E-state index contributed by atoms with van der Waals surface area (Å²) in [5.41, 5.74) is 2.31. The average Bonchev–Trinajstić information content (AvgIpc) is 2.68. The number of sulfonamides is 1. The molecule has 0 aliphatic carbocycles. The van der Waals surface area contributed by atoms with Crippen molar-refractivity contribution in [2.45, 2.75) is 24.3 Å². The highest BCUT2D eigenvalue weighted by Gasteiger charge is 2.10. The van der Waals surface area contributed by atoms with Gasteiger partial charge in [0.15, 0.2) is 5.96 Å². The summed E-state index contributed by atoms with van der Waals surface area (Å²) in [6, 6.07) is 17.2. The van der Waals surface area contributed by atoms with Crippen molar-refractivity contribution in [1.82, 2.24) is 15.4 Å². The zero-order valence-corrected chi connectivity index (χ0v) is 18.8. The summed E-state index contributed by atoms with van der Waals surface area (Å²) in [5.74, 6) is 0.727. The van der Waals surface area contributed by atoms with Gasteiger partial charge in [-0.1, -0.05) is 42.5 Å². The Bertz CT molecular complexity index is 809. The maximum Gasteiger partial charge on any atom is 0.240 e. The lowest BCUT2D eigenvalue weighted by Gasteiger charge is -2.12. The van der Waals surface area contributed by atoms with Gasteiger partial charge in [0.2, 0.25) is 10.0 Å². The van der Waals surface area contributed by atoms with Crippen LogP contribution in [0, 0.1) is 0 Å². The maximum atomic E-state index is 11.7.